The molecule has 0 fully saturated rings. The van der Waals surface area contributed by atoms with Crippen LogP contribution in [0.4, 0.5) is 5.69 Å². The van der Waals surface area contributed by atoms with Gasteiger partial charge in [0.2, 0.25) is 0 Å². The minimum absolute atomic E-state index is 0.439. The Balaban J connectivity index is 2.68. The standard InChI is InChI=1S/C7H9BrN4S/c8-12(7(13)10-11-9)6-4-2-1-3-5-6/h1-5,11H,9H2,(H,10,13). The highest BCUT2D eigenvalue weighted by Crippen LogP contribution is 2.16. The first kappa shape index (κ1) is 10.4. The topological polar surface area (TPSA) is 53.3 Å². The molecule has 1 aromatic carbocycles. The van der Waals surface area contributed by atoms with Gasteiger partial charge < -0.3 is 0 Å². The number of para-hydroxylation sites is 1. The zero-order chi connectivity index (χ0) is 9.68. The van der Waals surface area contributed by atoms with E-state index in [2.05, 4.69) is 27.1 Å². The average Bonchev–Trinajstić information content (AvgIpc) is 2.18. The lowest BCUT2D eigenvalue weighted by Gasteiger charge is -2.17. The van der Waals surface area contributed by atoms with Gasteiger partial charge in [-0.15, -0.1) is 0 Å². The number of rotatable bonds is 2. The van der Waals surface area contributed by atoms with Crippen molar-refractivity contribution < 1.29 is 0 Å². The molecule has 0 aliphatic heterocycles. The Labute approximate surface area is 90.4 Å². The van der Waals surface area contributed by atoms with Gasteiger partial charge in [0, 0.05) is 0 Å². The van der Waals surface area contributed by atoms with E-state index in [1.54, 1.807) is 3.93 Å². The predicted octanol–water partition coefficient (Wildman–Crippen LogP) is 1.06. The van der Waals surface area contributed by atoms with Gasteiger partial charge in [-0.25, -0.2) is 0 Å². The van der Waals surface area contributed by atoms with E-state index in [4.69, 9.17) is 18.1 Å². The lowest BCUT2D eigenvalue weighted by molar-refractivity contribution is 0.699. The number of anilines is 1. The summed E-state index contributed by atoms with van der Waals surface area (Å²) in [6.07, 6.45) is 0. The maximum absolute atomic E-state index is 5.05. The Morgan fingerprint density at radius 3 is 2.54 bits per heavy atom. The molecule has 6 heteroatoms. The first-order chi connectivity index (χ1) is 6.25. The molecule has 0 radical (unpaired) electrons. The maximum Gasteiger partial charge on any atom is 0.199 e. The number of hydrogen-bond donors (Lipinski definition) is 3. The number of halogens is 1. The van der Waals surface area contributed by atoms with E-state index >= 15 is 0 Å². The Morgan fingerprint density at radius 2 is 2.00 bits per heavy atom. The fraction of sp³-hybridized carbons (Fsp3) is 0. The van der Waals surface area contributed by atoms with Crippen LogP contribution in [0.15, 0.2) is 30.3 Å². The summed E-state index contributed by atoms with van der Waals surface area (Å²) in [4.78, 5) is 0. The fourth-order valence-corrected chi connectivity index (χ4v) is 1.28. The molecule has 1 aromatic rings. The Kier molecular flexibility index (Phi) is 4.10. The molecule has 0 heterocycles. The van der Waals surface area contributed by atoms with E-state index in [1.807, 2.05) is 30.3 Å². The van der Waals surface area contributed by atoms with Gasteiger partial charge in [0.05, 0.1) is 21.8 Å². The molecule has 0 aliphatic rings. The highest BCUT2D eigenvalue weighted by atomic mass is 79.9. The monoisotopic (exact) mass is 260 g/mol. The summed E-state index contributed by atoms with van der Waals surface area (Å²) in [5.41, 5.74) is 5.76. The third-order valence-electron chi connectivity index (χ3n) is 1.34. The zero-order valence-corrected chi connectivity index (χ0v) is 9.10. The average molecular weight is 261 g/mol. The van der Waals surface area contributed by atoms with Crippen LogP contribution in [0.5, 0.6) is 0 Å². The number of thiocarbonyl (C=S) groups is 1. The minimum atomic E-state index is 0.439. The highest BCUT2D eigenvalue weighted by molar-refractivity contribution is 9.10. The number of nitrogens with two attached hydrogens (primary N) is 1. The molecule has 0 saturated carbocycles. The SMILES string of the molecule is NNNC(=S)N(Br)c1ccccc1. The van der Waals surface area contributed by atoms with Gasteiger partial charge in [-0.05, 0) is 24.4 Å². The minimum Gasteiger partial charge on any atom is -0.284 e. The van der Waals surface area contributed by atoms with Crippen molar-refractivity contribution in [1.82, 2.24) is 11.0 Å². The molecule has 0 amide bonds. The van der Waals surface area contributed by atoms with E-state index in [0.717, 1.165) is 5.69 Å². The number of hydrazine groups is 2. The normalized spacial score (nSPS) is 9.38. The van der Waals surface area contributed by atoms with Crippen LogP contribution in [0.1, 0.15) is 0 Å². The van der Waals surface area contributed by atoms with Crippen LogP contribution in [0.2, 0.25) is 0 Å². The van der Waals surface area contributed by atoms with Crippen molar-refractivity contribution in [2.75, 3.05) is 3.93 Å². The van der Waals surface area contributed by atoms with Crippen molar-refractivity contribution in [3.63, 3.8) is 0 Å². The zero-order valence-electron chi connectivity index (χ0n) is 6.70. The van der Waals surface area contributed by atoms with Crippen molar-refractivity contribution >= 4 is 39.2 Å². The molecule has 4 N–H and O–H groups in total. The first-order valence-corrected chi connectivity index (χ1v) is 4.64. The molecule has 70 valence electrons. The van der Waals surface area contributed by atoms with Crippen LogP contribution in [0, 0.1) is 0 Å². The summed E-state index contributed by atoms with van der Waals surface area (Å²) in [6.45, 7) is 0. The smallest absolute Gasteiger partial charge is 0.199 e. The molecular weight excluding hydrogens is 252 g/mol. The molecular formula is C7H9BrN4S. The molecule has 1 rings (SSSR count). The first-order valence-electron chi connectivity index (χ1n) is 3.52. The van der Waals surface area contributed by atoms with E-state index in [9.17, 15) is 0 Å². The van der Waals surface area contributed by atoms with Crippen LogP contribution in [0.25, 0.3) is 0 Å². The second-order valence-electron chi connectivity index (χ2n) is 2.19. The van der Waals surface area contributed by atoms with Crippen molar-refractivity contribution in [2.24, 2.45) is 5.84 Å². The summed E-state index contributed by atoms with van der Waals surface area (Å²) < 4.78 is 1.63. The third kappa shape index (κ3) is 2.92. The summed E-state index contributed by atoms with van der Waals surface area (Å²) in [5.74, 6) is 5.05. The van der Waals surface area contributed by atoms with Crippen molar-refractivity contribution in [1.29, 1.82) is 0 Å². The van der Waals surface area contributed by atoms with E-state index in [-0.39, 0.29) is 0 Å². The Morgan fingerprint density at radius 1 is 1.38 bits per heavy atom. The molecule has 13 heavy (non-hydrogen) atoms. The van der Waals surface area contributed by atoms with Crippen LogP contribution >= 0.6 is 28.4 Å². The molecule has 0 aliphatic carbocycles. The van der Waals surface area contributed by atoms with Crippen LogP contribution < -0.4 is 20.7 Å². The van der Waals surface area contributed by atoms with Crippen molar-refractivity contribution in [2.45, 2.75) is 0 Å². The maximum atomic E-state index is 5.05. The molecule has 4 nitrogen and oxygen atoms in total. The van der Waals surface area contributed by atoms with E-state index in [1.165, 1.54) is 0 Å². The van der Waals surface area contributed by atoms with E-state index in [0.29, 0.717) is 5.11 Å². The van der Waals surface area contributed by atoms with Gasteiger partial charge in [0.25, 0.3) is 0 Å². The van der Waals surface area contributed by atoms with Gasteiger partial charge in [-0.1, -0.05) is 18.2 Å². The molecule has 0 unspecified atom stereocenters. The van der Waals surface area contributed by atoms with Crippen LogP contribution in [-0.2, 0) is 0 Å². The van der Waals surface area contributed by atoms with Crippen molar-refractivity contribution in [3.8, 4) is 0 Å². The summed E-state index contributed by atoms with van der Waals surface area (Å²) in [5, 5.41) is 0.439. The van der Waals surface area contributed by atoms with Crippen LogP contribution in [0.3, 0.4) is 0 Å². The van der Waals surface area contributed by atoms with Crippen LogP contribution in [-0.4, -0.2) is 5.11 Å². The summed E-state index contributed by atoms with van der Waals surface area (Å²) in [6, 6.07) is 9.60. The summed E-state index contributed by atoms with van der Waals surface area (Å²) in [7, 11) is 0. The predicted molar refractivity (Wildman–Crippen MR) is 60.9 cm³/mol. The molecule has 0 bridgehead atoms. The lowest BCUT2D eigenvalue weighted by Crippen LogP contribution is -2.46. The second-order valence-corrected chi connectivity index (χ2v) is 3.29. The van der Waals surface area contributed by atoms with Gasteiger partial charge >= 0.3 is 0 Å². The van der Waals surface area contributed by atoms with Gasteiger partial charge in [0.1, 0.15) is 0 Å². The fourth-order valence-electron chi connectivity index (χ4n) is 0.787. The number of nitrogens with one attached hydrogen (secondary N) is 2. The molecule has 0 aromatic heterocycles. The third-order valence-corrected chi connectivity index (χ3v) is 2.62. The lowest BCUT2D eigenvalue weighted by atomic mass is 10.3. The number of nitrogens with zero attached hydrogens (tertiary/aromatic N) is 1. The molecule has 0 spiro atoms. The number of benzene rings is 1. The Bertz CT molecular complexity index is 279. The van der Waals surface area contributed by atoms with Crippen molar-refractivity contribution in [3.05, 3.63) is 30.3 Å². The second kappa shape index (κ2) is 5.13. The largest absolute Gasteiger partial charge is 0.284 e. The van der Waals surface area contributed by atoms with Gasteiger partial charge in [-0.2, -0.15) is 5.53 Å². The number of hydrogen-bond acceptors (Lipinski definition) is 3. The summed E-state index contributed by atoms with van der Waals surface area (Å²) >= 11 is 8.27. The molecule has 0 atom stereocenters. The van der Waals surface area contributed by atoms with Gasteiger partial charge in [-0.3, -0.25) is 15.2 Å². The van der Waals surface area contributed by atoms with E-state index < -0.39 is 0 Å². The van der Waals surface area contributed by atoms with Gasteiger partial charge in [0.15, 0.2) is 5.11 Å². The molecule has 0 saturated heterocycles. The quantitative estimate of drug-likeness (QED) is 0.321. The highest BCUT2D eigenvalue weighted by Gasteiger charge is 2.06. The Hall–Kier alpha value is -0.690.